The van der Waals surface area contributed by atoms with Gasteiger partial charge in [-0.05, 0) is 31.2 Å². The molecule has 2 rings (SSSR count). The second kappa shape index (κ2) is 7.55. The standard InChI is InChI=1S/C15H26N4O/c1-12(2)6-16-7-14-8-17-15(18-9-14)19-5-3-4-13(10-19)11-20/h8-9,12-13,16,20H,3-7,10-11H2,1-2H3. The van der Waals surface area contributed by atoms with Crippen molar-refractivity contribution in [1.82, 2.24) is 15.3 Å². The van der Waals surface area contributed by atoms with E-state index >= 15 is 0 Å². The third kappa shape index (κ3) is 4.42. The molecule has 0 saturated carbocycles. The molecule has 1 aromatic heterocycles. The van der Waals surface area contributed by atoms with Gasteiger partial charge in [0.1, 0.15) is 0 Å². The fraction of sp³-hybridized carbons (Fsp3) is 0.733. The molecule has 0 spiro atoms. The van der Waals surface area contributed by atoms with Crippen molar-refractivity contribution >= 4 is 5.95 Å². The molecule has 0 aliphatic carbocycles. The van der Waals surface area contributed by atoms with Crippen LogP contribution in [0.3, 0.4) is 0 Å². The summed E-state index contributed by atoms with van der Waals surface area (Å²) in [6.45, 7) is 8.32. The largest absolute Gasteiger partial charge is 0.396 e. The van der Waals surface area contributed by atoms with Crippen LogP contribution in [0.2, 0.25) is 0 Å². The number of hydrogen-bond donors (Lipinski definition) is 2. The summed E-state index contributed by atoms with van der Waals surface area (Å²) in [5, 5.41) is 12.7. The lowest BCUT2D eigenvalue weighted by Crippen LogP contribution is -2.37. The minimum atomic E-state index is 0.258. The minimum absolute atomic E-state index is 0.258. The Morgan fingerprint density at radius 3 is 2.80 bits per heavy atom. The maximum absolute atomic E-state index is 9.27. The zero-order chi connectivity index (χ0) is 14.4. The van der Waals surface area contributed by atoms with E-state index in [1.165, 1.54) is 0 Å². The molecule has 0 aromatic carbocycles. The first-order valence-electron chi connectivity index (χ1n) is 7.56. The molecule has 5 nitrogen and oxygen atoms in total. The van der Waals surface area contributed by atoms with Gasteiger partial charge >= 0.3 is 0 Å². The molecule has 112 valence electrons. The highest BCUT2D eigenvalue weighted by Crippen LogP contribution is 2.19. The minimum Gasteiger partial charge on any atom is -0.396 e. The highest BCUT2D eigenvalue weighted by atomic mass is 16.3. The Hall–Kier alpha value is -1.20. The first-order chi connectivity index (χ1) is 9.69. The van der Waals surface area contributed by atoms with Gasteiger partial charge in [-0.1, -0.05) is 13.8 Å². The molecule has 1 atom stereocenters. The van der Waals surface area contributed by atoms with Gasteiger partial charge in [-0.3, -0.25) is 0 Å². The van der Waals surface area contributed by atoms with Gasteiger partial charge in [0.05, 0.1) is 0 Å². The van der Waals surface area contributed by atoms with Crippen LogP contribution in [0, 0.1) is 11.8 Å². The van der Waals surface area contributed by atoms with Crippen LogP contribution in [0.15, 0.2) is 12.4 Å². The summed E-state index contributed by atoms with van der Waals surface area (Å²) in [4.78, 5) is 11.1. The fourth-order valence-electron chi connectivity index (χ4n) is 2.50. The van der Waals surface area contributed by atoms with Gasteiger partial charge in [0, 0.05) is 44.2 Å². The molecular weight excluding hydrogens is 252 g/mol. The average Bonchev–Trinajstić information content (AvgIpc) is 2.48. The summed E-state index contributed by atoms with van der Waals surface area (Å²) in [6, 6.07) is 0. The van der Waals surface area contributed by atoms with Gasteiger partial charge in [-0.15, -0.1) is 0 Å². The first-order valence-corrected chi connectivity index (χ1v) is 7.56. The Balaban J connectivity index is 1.87. The first kappa shape index (κ1) is 15.2. The maximum atomic E-state index is 9.27. The molecule has 0 radical (unpaired) electrons. The number of nitrogens with one attached hydrogen (secondary N) is 1. The van der Waals surface area contributed by atoms with Crippen LogP contribution in [-0.2, 0) is 6.54 Å². The molecule has 0 amide bonds. The van der Waals surface area contributed by atoms with Crippen LogP contribution in [-0.4, -0.2) is 41.3 Å². The Morgan fingerprint density at radius 1 is 1.40 bits per heavy atom. The van der Waals surface area contributed by atoms with E-state index < -0.39 is 0 Å². The van der Waals surface area contributed by atoms with Gasteiger partial charge in [0.2, 0.25) is 5.95 Å². The molecule has 1 aromatic rings. The zero-order valence-corrected chi connectivity index (χ0v) is 12.5. The topological polar surface area (TPSA) is 61.3 Å². The van der Waals surface area contributed by atoms with Crippen LogP contribution in [0.5, 0.6) is 0 Å². The van der Waals surface area contributed by atoms with Gasteiger partial charge in [0.25, 0.3) is 0 Å². The molecule has 2 N–H and O–H groups in total. The zero-order valence-electron chi connectivity index (χ0n) is 12.5. The van der Waals surface area contributed by atoms with Crippen LogP contribution in [0.4, 0.5) is 5.95 Å². The quantitative estimate of drug-likeness (QED) is 0.824. The van der Waals surface area contributed by atoms with E-state index in [4.69, 9.17) is 0 Å². The van der Waals surface area contributed by atoms with Crippen molar-refractivity contribution in [3.8, 4) is 0 Å². The summed E-state index contributed by atoms with van der Waals surface area (Å²) in [6.07, 6.45) is 6.01. The number of aliphatic hydroxyl groups is 1. The van der Waals surface area contributed by atoms with Gasteiger partial charge in [0.15, 0.2) is 0 Å². The summed E-state index contributed by atoms with van der Waals surface area (Å²) in [5.41, 5.74) is 1.12. The molecule has 2 heterocycles. The Kier molecular flexibility index (Phi) is 5.73. The van der Waals surface area contributed by atoms with Crippen molar-refractivity contribution in [2.24, 2.45) is 11.8 Å². The van der Waals surface area contributed by atoms with Crippen LogP contribution in [0.1, 0.15) is 32.3 Å². The van der Waals surface area contributed by atoms with E-state index in [9.17, 15) is 5.11 Å². The predicted molar refractivity (Wildman–Crippen MR) is 80.6 cm³/mol. The number of aromatic nitrogens is 2. The van der Waals surface area contributed by atoms with E-state index in [1.54, 1.807) is 0 Å². The smallest absolute Gasteiger partial charge is 0.225 e. The summed E-state index contributed by atoms with van der Waals surface area (Å²) in [7, 11) is 0. The number of rotatable bonds is 6. The number of aliphatic hydroxyl groups excluding tert-OH is 1. The lowest BCUT2D eigenvalue weighted by atomic mass is 9.99. The van der Waals surface area contributed by atoms with E-state index in [1.807, 2.05) is 12.4 Å². The van der Waals surface area contributed by atoms with E-state index in [2.05, 4.69) is 34.0 Å². The van der Waals surface area contributed by atoms with Crippen LogP contribution in [0.25, 0.3) is 0 Å². The molecule has 1 unspecified atom stereocenters. The monoisotopic (exact) mass is 278 g/mol. The highest BCUT2D eigenvalue weighted by molar-refractivity contribution is 5.30. The van der Waals surface area contributed by atoms with Crippen molar-refractivity contribution in [3.05, 3.63) is 18.0 Å². The average molecular weight is 278 g/mol. The fourth-order valence-corrected chi connectivity index (χ4v) is 2.50. The van der Waals surface area contributed by atoms with Gasteiger partial charge in [-0.25, -0.2) is 9.97 Å². The second-order valence-corrected chi connectivity index (χ2v) is 6.05. The Bertz CT molecular complexity index is 393. The molecule has 1 fully saturated rings. The van der Waals surface area contributed by atoms with Crippen molar-refractivity contribution in [2.45, 2.75) is 33.2 Å². The molecule has 20 heavy (non-hydrogen) atoms. The van der Waals surface area contributed by atoms with E-state index in [0.717, 1.165) is 50.5 Å². The molecular formula is C15H26N4O. The van der Waals surface area contributed by atoms with Crippen LogP contribution >= 0.6 is 0 Å². The number of piperidine rings is 1. The van der Waals surface area contributed by atoms with Gasteiger partial charge < -0.3 is 15.3 Å². The number of anilines is 1. The predicted octanol–water partition coefficient (Wildman–Crippen LogP) is 1.43. The number of nitrogens with zero attached hydrogens (tertiary/aromatic N) is 3. The lowest BCUT2D eigenvalue weighted by Gasteiger charge is -2.31. The molecule has 0 bridgehead atoms. The molecule has 1 aliphatic rings. The summed E-state index contributed by atoms with van der Waals surface area (Å²) >= 11 is 0. The third-order valence-corrected chi connectivity index (χ3v) is 3.63. The Morgan fingerprint density at radius 2 is 2.15 bits per heavy atom. The van der Waals surface area contributed by atoms with Gasteiger partial charge in [-0.2, -0.15) is 0 Å². The normalized spacial score (nSPS) is 19.6. The SMILES string of the molecule is CC(C)CNCc1cnc(N2CCCC(CO)C2)nc1. The second-order valence-electron chi connectivity index (χ2n) is 6.05. The van der Waals surface area contributed by atoms with E-state index in [0.29, 0.717) is 11.8 Å². The number of hydrogen-bond acceptors (Lipinski definition) is 5. The maximum Gasteiger partial charge on any atom is 0.225 e. The Labute approximate surface area is 121 Å². The summed E-state index contributed by atoms with van der Waals surface area (Å²) in [5.74, 6) is 1.80. The molecule has 1 aliphatic heterocycles. The van der Waals surface area contributed by atoms with Crippen LogP contribution < -0.4 is 10.2 Å². The van der Waals surface area contributed by atoms with Crippen molar-refractivity contribution in [2.75, 3.05) is 31.1 Å². The lowest BCUT2D eigenvalue weighted by molar-refractivity contribution is 0.208. The molecule has 1 saturated heterocycles. The van der Waals surface area contributed by atoms with Crippen molar-refractivity contribution < 1.29 is 5.11 Å². The summed E-state index contributed by atoms with van der Waals surface area (Å²) < 4.78 is 0. The molecule has 5 heteroatoms. The van der Waals surface area contributed by atoms with Crippen molar-refractivity contribution in [3.63, 3.8) is 0 Å². The third-order valence-electron chi connectivity index (χ3n) is 3.63. The highest BCUT2D eigenvalue weighted by Gasteiger charge is 2.20. The van der Waals surface area contributed by atoms with Crippen molar-refractivity contribution in [1.29, 1.82) is 0 Å². The van der Waals surface area contributed by atoms with E-state index in [-0.39, 0.29) is 6.61 Å².